The molecule has 2 atom stereocenters. The first-order valence-electron chi connectivity index (χ1n) is 6.80. The number of pyridine rings is 1. The molecule has 4 heteroatoms. The van der Waals surface area contributed by atoms with E-state index in [0.717, 1.165) is 44.1 Å². The number of rotatable bonds is 5. The van der Waals surface area contributed by atoms with E-state index in [-0.39, 0.29) is 6.04 Å². The van der Waals surface area contributed by atoms with Gasteiger partial charge in [-0.2, -0.15) is 0 Å². The van der Waals surface area contributed by atoms with E-state index in [0.29, 0.717) is 5.92 Å². The zero-order valence-electron chi connectivity index (χ0n) is 11.3. The second-order valence-corrected chi connectivity index (χ2v) is 5.03. The van der Waals surface area contributed by atoms with E-state index in [1.54, 1.807) is 0 Å². The van der Waals surface area contributed by atoms with Gasteiger partial charge in [-0.1, -0.05) is 6.92 Å². The van der Waals surface area contributed by atoms with Gasteiger partial charge in [0.1, 0.15) is 0 Å². The maximum absolute atomic E-state index is 5.98. The van der Waals surface area contributed by atoms with Crippen molar-refractivity contribution >= 4 is 5.82 Å². The molecule has 2 unspecified atom stereocenters. The first kappa shape index (κ1) is 13.1. The average Bonchev–Trinajstić information content (AvgIpc) is 2.86. The molecule has 18 heavy (non-hydrogen) atoms. The van der Waals surface area contributed by atoms with Gasteiger partial charge >= 0.3 is 0 Å². The molecule has 0 spiro atoms. The maximum atomic E-state index is 5.98. The Morgan fingerprint density at radius 1 is 1.61 bits per heavy atom. The fourth-order valence-corrected chi connectivity index (χ4v) is 2.35. The van der Waals surface area contributed by atoms with Crippen LogP contribution in [0.1, 0.15) is 26.7 Å². The van der Waals surface area contributed by atoms with Crippen molar-refractivity contribution in [3.63, 3.8) is 0 Å². The summed E-state index contributed by atoms with van der Waals surface area (Å²) < 4.78 is 5.76. The van der Waals surface area contributed by atoms with Gasteiger partial charge in [-0.05, 0) is 37.8 Å². The Morgan fingerprint density at radius 3 is 3.11 bits per heavy atom. The first-order chi connectivity index (χ1) is 8.72. The van der Waals surface area contributed by atoms with Crippen LogP contribution < -0.4 is 15.4 Å². The lowest BCUT2D eigenvalue weighted by Gasteiger charge is -2.21. The van der Waals surface area contributed by atoms with Crippen molar-refractivity contribution in [3.05, 3.63) is 18.3 Å². The maximum Gasteiger partial charge on any atom is 0.171 e. The van der Waals surface area contributed by atoms with Crippen LogP contribution in [0.5, 0.6) is 5.75 Å². The van der Waals surface area contributed by atoms with Crippen molar-refractivity contribution < 1.29 is 4.74 Å². The largest absolute Gasteiger partial charge is 0.490 e. The Morgan fingerprint density at radius 2 is 2.44 bits per heavy atom. The Hall–Kier alpha value is -1.29. The SMILES string of the molecule is CCCOc1cccnc1N1CCC(C(C)N)C1. The van der Waals surface area contributed by atoms with Gasteiger partial charge in [0.15, 0.2) is 11.6 Å². The lowest BCUT2D eigenvalue weighted by molar-refractivity contribution is 0.316. The van der Waals surface area contributed by atoms with E-state index in [1.807, 2.05) is 18.3 Å². The molecule has 2 rings (SSSR count). The Balaban J connectivity index is 2.08. The molecule has 0 aliphatic carbocycles. The summed E-state index contributed by atoms with van der Waals surface area (Å²) in [6.45, 7) is 6.94. The fourth-order valence-electron chi connectivity index (χ4n) is 2.35. The van der Waals surface area contributed by atoms with Crippen LogP contribution in [0.2, 0.25) is 0 Å². The Bertz CT molecular complexity index is 381. The highest BCUT2D eigenvalue weighted by Gasteiger charge is 2.27. The normalized spacial score (nSPS) is 21.1. The van der Waals surface area contributed by atoms with Crippen LogP contribution in [0.3, 0.4) is 0 Å². The molecule has 1 aliphatic rings. The van der Waals surface area contributed by atoms with E-state index in [2.05, 4.69) is 23.7 Å². The minimum absolute atomic E-state index is 0.249. The number of aromatic nitrogens is 1. The number of nitrogens with two attached hydrogens (primary N) is 1. The van der Waals surface area contributed by atoms with Crippen molar-refractivity contribution in [2.75, 3.05) is 24.6 Å². The number of ether oxygens (including phenoxy) is 1. The van der Waals surface area contributed by atoms with Gasteiger partial charge < -0.3 is 15.4 Å². The van der Waals surface area contributed by atoms with Gasteiger partial charge in [-0.15, -0.1) is 0 Å². The van der Waals surface area contributed by atoms with Gasteiger partial charge in [0.05, 0.1) is 6.61 Å². The third-order valence-corrected chi connectivity index (χ3v) is 3.48. The molecule has 1 fully saturated rings. The van der Waals surface area contributed by atoms with Crippen LogP contribution in [-0.2, 0) is 0 Å². The molecule has 0 amide bonds. The Kier molecular flexibility index (Phi) is 4.42. The van der Waals surface area contributed by atoms with Crippen molar-refractivity contribution in [3.8, 4) is 5.75 Å². The van der Waals surface area contributed by atoms with Gasteiger partial charge in [-0.25, -0.2) is 4.98 Å². The van der Waals surface area contributed by atoms with Gasteiger partial charge in [-0.3, -0.25) is 0 Å². The molecule has 100 valence electrons. The number of hydrogen-bond donors (Lipinski definition) is 1. The number of anilines is 1. The zero-order chi connectivity index (χ0) is 13.0. The molecule has 1 aromatic rings. The summed E-state index contributed by atoms with van der Waals surface area (Å²) in [6, 6.07) is 4.17. The number of hydrogen-bond acceptors (Lipinski definition) is 4. The summed E-state index contributed by atoms with van der Waals surface area (Å²) in [5, 5.41) is 0. The molecule has 1 aliphatic heterocycles. The first-order valence-corrected chi connectivity index (χ1v) is 6.80. The van der Waals surface area contributed by atoms with Crippen LogP contribution in [0.15, 0.2) is 18.3 Å². The van der Waals surface area contributed by atoms with Crippen molar-refractivity contribution in [1.82, 2.24) is 4.98 Å². The van der Waals surface area contributed by atoms with E-state index in [9.17, 15) is 0 Å². The van der Waals surface area contributed by atoms with Crippen molar-refractivity contribution in [2.24, 2.45) is 11.7 Å². The van der Waals surface area contributed by atoms with E-state index in [4.69, 9.17) is 10.5 Å². The van der Waals surface area contributed by atoms with E-state index >= 15 is 0 Å². The second-order valence-electron chi connectivity index (χ2n) is 5.03. The monoisotopic (exact) mass is 249 g/mol. The zero-order valence-corrected chi connectivity index (χ0v) is 11.3. The van der Waals surface area contributed by atoms with Crippen LogP contribution in [0, 0.1) is 5.92 Å². The average molecular weight is 249 g/mol. The second kappa shape index (κ2) is 6.05. The molecule has 2 N–H and O–H groups in total. The molecular formula is C14H23N3O. The van der Waals surface area contributed by atoms with Gasteiger partial charge in [0.25, 0.3) is 0 Å². The molecule has 0 radical (unpaired) electrons. The van der Waals surface area contributed by atoms with E-state index in [1.165, 1.54) is 0 Å². The smallest absolute Gasteiger partial charge is 0.171 e. The topological polar surface area (TPSA) is 51.4 Å². The summed E-state index contributed by atoms with van der Waals surface area (Å²) in [5.74, 6) is 2.42. The quantitative estimate of drug-likeness (QED) is 0.867. The molecular weight excluding hydrogens is 226 g/mol. The van der Waals surface area contributed by atoms with Crippen LogP contribution in [-0.4, -0.2) is 30.7 Å². The molecule has 0 aromatic carbocycles. The molecule has 2 heterocycles. The highest BCUT2D eigenvalue weighted by atomic mass is 16.5. The molecule has 0 bridgehead atoms. The standard InChI is InChI=1S/C14H23N3O/c1-3-9-18-13-5-4-7-16-14(13)17-8-6-12(10-17)11(2)15/h4-5,7,11-12H,3,6,8-10,15H2,1-2H3. The van der Waals surface area contributed by atoms with Crippen molar-refractivity contribution in [2.45, 2.75) is 32.7 Å². The summed E-state index contributed by atoms with van der Waals surface area (Å²) in [7, 11) is 0. The van der Waals surface area contributed by atoms with Crippen LogP contribution in [0.4, 0.5) is 5.82 Å². The molecule has 4 nitrogen and oxygen atoms in total. The van der Waals surface area contributed by atoms with Gasteiger partial charge in [0, 0.05) is 25.3 Å². The van der Waals surface area contributed by atoms with Crippen LogP contribution >= 0.6 is 0 Å². The third-order valence-electron chi connectivity index (χ3n) is 3.48. The predicted molar refractivity (Wildman–Crippen MR) is 74.0 cm³/mol. The Labute approximate surface area is 109 Å². The lowest BCUT2D eigenvalue weighted by Crippen LogP contribution is -2.30. The predicted octanol–water partition coefficient (Wildman–Crippen LogP) is 2.04. The highest BCUT2D eigenvalue weighted by Crippen LogP contribution is 2.30. The van der Waals surface area contributed by atoms with E-state index < -0.39 is 0 Å². The lowest BCUT2D eigenvalue weighted by atomic mass is 10.0. The fraction of sp³-hybridized carbons (Fsp3) is 0.643. The van der Waals surface area contributed by atoms with Gasteiger partial charge in [0.2, 0.25) is 0 Å². The third kappa shape index (κ3) is 2.93. The molecule has 1 saturated heterocycles. The summed E-state index contributed by atoms with van der Waals surface area (Å²) in [4.78, 5) is 6.76. The minimum Gasteiger partial charge on any atom is -0.490 e. The van der Waals surface area contributed by atoms with Crippen LogP contribution in [0.25, 0.3) is 0 Å². The highest BCUT2D eigenvalue weighted by molar-refractivity contribution is 5.52. The summed E-state index contributed by atoms with van der Waals surface area (Å²) in [5.41, 5.74) is 5.98. The number of nitrogens with zero attached hydrogens (tertiary/aromatic N) is 2. The minimum atomic E-state index is 0.249. The molecule has 0 saturated carbocycles. The summed E-state index contributed by atoms with van der Waals surface area (Å²) >= 11 is 0. The molecule has 1 aromatic heterocycles. The summed E-state index contributed by atoms with van der Waals surface area (Å²) in [6.07, 6.45) is 3.98. The van der Waals surface area contributed by atoms with Crippen molar-refractivity contribution in [1.29, 1.82) is 0 Å².